The number of benzene rings is 2. The molecule has 0 bridgehead atoms. The zero-order chi connectivity index (χ0) is 18.5. The predicted octanol–water partition coefficient (Wildman–Crippen LogP) is 3.59. The molecule has 5 rings (SSSR count). The third-order valence-corrected chi connectivity index (χ3v) is 6.38. The van der Waals surface area contributed by atoms with Gasteiger partial charge in [-0.25, -0.2) is 4.79 Å². The Labute approximate surface area is 157 Å². The van der Waals surface area contributed by atoms with E-state index in [0.717, 1.165) is 0 Å². The van der Waals surface area contributed by atoms with E-state index in [1.807, 2.05) is 24.3 Å². The van der Waals surface area contributed by atoms with E-state index >= 15 is 0 Å². The Hall–Kier alpha value is -2.82. The van der Waals surface area contributed by atoms with Gasteiger partial charge in [0.05, 0.1) is 0 Å². The molecule has 1 amide bonds. The number of likely N-dealkylation sites (tertiary alicyclic amines) is 1. The van der Waals surface area contributed by atoms with Gasteiger partial charge in [-0.3, -0.25) is 4.79 Å². The number of ether oxygens (including phenoxy) is 1. The smallest absolute Gasteiger partial charge is 0.409 e. The highest BCUT2D eigenvalue weighted by molar-refractivity contribution is 5.79. The number of carboxylic acids is 1. The summed E-state index contributed by atoms with van der Waals surface area (Å²) in [6.07, 6.45) is -0.0634. The highest BCUT2D eigenvalue weighted by Gasteiger charge is 2.57. The first-order valence-corrected chi connectivity index (χ1v) is 9.45. The number of nitrogens with zero attached hydrogens (tertiary/aromatic N) is 1. The van der Waals surface area contributed by atoms with Gasteiger partial charge >= 0.3 is 12.1 Å². The van der Waals surface area contributed by atoms with E-state index in [1.165, 1.54) is 22.3 Å². The van der Waals surface area contributed by atoms with Gasteiger partial charge in [-0.2, -0.15) is 0 Å². The van der Waals surface area contributed by atoms with Crippen molar-refractivity contribution < 1.29 is 19.4 Å². The molecule has 2 aromatic carbocycles. The molecule has 0 spiro atoms. The number of aliphatic carboxylic acids is 1. The molecule has 27 heavy (non-hydrogen) atoms. The minimum Gasteiger partial charge on any atom is -0.481 e. The van der Waals surface area contributed by atoms with Crippen LogP contribution in [0.3, 0.4) is 0 Å². The third-order valence-electron chi connectivity index (χ3n) is 6.38. The molecule has 2 aliphatic carbocycles. The molecule has 3 aliphatic rings. The maximum atomic E-state index is 12.5. The van der Waals surface area contributed by atoms with Gasteiger partial charge in [-0.1, -0.05) is 48.5 Å². The predicted molar refractivity (Wildman–Crippen MR) is 99.4 cm³/mol. The maximum absolute atomic E-state index is 12.5. The van der Waals surface area contributed by atoms with Crippen LogP contribution < -0.4 is 0 Å². The van der Waals surface area contributed by atoms with Gasteiger partial charge in [0.25, 0.3) is 0 Å². The molecule has 3 atom stereocenters. The van der Waals surface area contributed by atoms with Crippen molar-refractivity contribution in [2.75, 3.05) is 19.7 Å². The minimum absolute atomic E-state index is 0.0678. The van der Waals surface area contributed by atoms with Gasteiger partial charge in [0.15, 0.2) is 0 Å². The Kier molecular flexibility index (Phi) is 3.71. The number of amides is 1. The molecule has 1 aliphatic heterocycles. The average Bonchev–Trinajstić information content (AvgIpc) is 3.04. The second kappa shape index (κ2) is 6.12. The van der Waals surface area contributed by atoms with Crippen LogP contribution in [-0.4, -0.2) is 41.8 Å². The molecule has 1 saturated carbocycles. The summed E-state index contributed by atoms with van der Waals surface area (Å²) in [4.78, 5) is 25.1. The molecule has 1 unspecified atom stereocenters. The first kappa shape index (κ1) is 16.4. The van der Waals surface area contributed by atoms with Crippen molar-refractivity contribution in [1.82, 2.24) is 4.90 Å². The Morgan fingerprint density at radius 1 is 0.963 bits per heavy atom. The summed E-state index contributed by atoms with van der Waals surface area (Å²) in [6.45, 7) is 1.58. The number of carbonyl (C=O) groups excluding carboxylic acids is 1. The monoisotopic (exact) mass is 363 g/mol. The summed E-state index contributed by atoms with van der Waals surface area (Å²) in [5.41, 5.74) is 4.84. The number of rotatable bonds is 4. The standard InChI is InChI=1S/C22H21NO4/c24-21(25)9-17-18-10-23(11-19(17)18)22(26)27-12-20-15-7-3-1-5-13(15)14-6-2-4-8-16(14)20/h1-8,17-20H,9-12H2,(H,24,25)/t17?,18-,19+. The normalized spacial score (nSPS) is 24.9. The number of hydrogen-bond donors (Lipinski definition) is 1. The highest BCUT2D eigenvalue weighted by Crippen LogP contribution is 2.53. The lowest BCUT2D eigenvalue weighted by Gasteiger charge is -2.21. The fourth-order valence-corrected chi connectivity index (χ4v) is 4.99. The van der Waals surface area contributed by atoms with Crippen LogP contribution in [0.25, 0.3) is 11.1 Å². The van der Waals surface area contributed by atoms with Gasteiger partial charge in [0, 0.05) is 25.4 Å². The summed E-state index contributed by atoms with van der Waals surface area (Å²) in [6, 6.07) is 16.6. The molecule has 5 nitrogen and oxygen atoms in total. The Balaban J connectivity index is 1.24. The van der Waals surface area contributed by atoms with E-state index in [9.17, 15) is 9.59 Å². The average molecular weight is 363 g/mol. The van der Waals surface area contributed by atoms with Crippen molar-refractivity contribution >= 4 is 12.1 Å². The van der Waals surface area contributed by atoms with Gasteiger partial charge in [0.2, 0.25) is 0 Å². The summed E-state index contributed by atoms with van der Waals surface area (Å²) in [5.74, 6) is 0.226. The third kappa shape index (κ3) is 2.69. The molecule has 2 aromatic rings. The fourth-order valence-electron chi connectivity index (χ4n) is 4.99. The minimum atomic E-state index is -0.748. The lowest BCUT2D eigenvalue weighted by atomic mass is 9.98. The largest absolute Gasteiger partial charge is 0.481 e. The first-order valence-electron chi connectivity index (χ1n) is 9.45. The Bertz CT molecular complexity index is 867. The molecule has 0 aromatic heterocycles. The highest BCUT2D eigenvalue weighted by atomic mass is 16.6. The zero-order valence-corrected chi connectivity index (χ0v) is 14.9. The molecular formula is C22H21NO4. The SMILES string of the molecule is O=C(O)CC1[C@H]2CN(C(=O)OCC3c4ccccc4-c4ccccc43)C[C@@H]12. The Morgan fingerprint density at radius 2 is 1.52 bits per heavy atom. The van der Waals surface area contributed by atoms with Crippen LogP contribution in [0, 0.1) is 17.8 Å². The van der Waals surface area contributed by atoms with Gasteiger partial charge < -0.3 is 14.7 Å². The number of fused-ring (bicyclic) bond motifs is 4. The summed E-state index contributed by atoms with van der Waals surface area (Å²) >= 11 is 0. The number of piperidine rings is 1. The number of hydrogen-bond acceptors (Lipinski definition) is 3. The second-order valence-corrected chi connectivity index (χ2v) is 7.80. The zero-order valence-electron chi connectivity index (χ0n) is 14.9. The quantitative estimate of drug-likeness (QED) is 0.901. The lowest BCUT2D eigenvalue weighted by Crippen LogP contribution is -2.33. The maximum Gasteiger partial charge on any atom is 0.409 e. The van der Waals surface area contributed by atoms with Crippen molar-refractivity contribution in [1.29, 1.82) is 0 Å². The van der Waals surface area contributed by atoms with Gasteiger partial charge in [0.1, 0.15) is 6.61 Å². The van der Waals surface area contributed by atoms with Crippen molar-refractivity contribution in [2.45, 2.75) is 12.3 Å². The molecule has 1 N–H and O–H groups in total. The van der Waals surface area contributed by atoms with E-state index in [-0.39, 0.29) is 24.3 Å². The van der Waals surface area contributed by atoms with Crippen LogP contribution in [-0.2, 0) is 9.53 Å². The van der Waals surface area contributed by atoms with Crippen LogP contribution in [0.5, 0.6) is 0 Å². The Morgan fingerprint density at radius 3 is 2.07 bits per heavy atom. The van der Waals surface area contributed by atoms with E-state index < -0.39 is 5.97 Å². The van der Waals surface area contributed by atoms with Crippen molar-refractivity contribution in [3.8, 4) is 11.1 Å². The van der Waals surface area contributed by atoms with Gasteiger partial charge in [-0.05, 0) is 40.0 Å². The number of carboxylic acid groups (broad SMARTS) is 1. The first-order chi connectivity index (χ1) is 13.1. The molecule has 2 fully saturated rings. The van der Waals surface area contributed by atoms with Crippen LogP contribution in [0.2, 0.25) is 0 Å². The van der Waals surface area contributed by atoms with Gasteiger partial charge in [-0.15, -0.1) is 0 Å². The topological polar surface area (TPSA) is 66.8 Å². The summed E-state index contributed by atoms with van der Waals surface area (Å²) < 4.78 is 5.68. The summed E-state index contributed by atoms with van der Waals surface area (Å²) in [5, 5.41) is 8.91. The molecule has 138 valence electrons. The molecule has 0 radical (unpaired) electrons. The lowest BCUT2D eigenvalue weighted by molar-refractivity contribution is -0.137. The van der Waals surface area contributed by atoms with E-state index in [0.29, 0.717) is 31.5 Å². The van der Waals surface area contributed by atoms with Crippen molar-refractivity contribution in [3.05, 3.63) is 59.7 Å². The summed E-state index contributed by atoms with van der Waals surface area (Å²) in [7, 11) is 0. The van der Waals surface area contributed by atoms with Crippen LogP contribution >= 0.6 is 0 Å². The molecular weight excluding hydrogens is 342 g/mol. The van der Waals surface area contributed by atoms with E-state index in [1.54, 1.807) is 4.90 Å². The number of carbonyl (C=O) groups is 2. The molecule has 1 saturated heterocycles. The molecule has 5 heteroatoms. The van der Waals surface area contributed by atoms with Crippen LogP contribution in [0.1, 0.15) is 23.5 Å². The fraction of sp³-hybridized carbons (Fsp3) is 0.364. The van der Waals surface area contributed by atoms with Crippen LogP contribution in [0.4, 0.5) is 4.79 Å². The van der Waals surface area contributed by atoms with Crippen molar-refractivity contribution in [2.24, 2.45) is 17.8 Å². The van der Waals surface area contributed by atoms with Crippen molar-refractivity contribution in [3.63, 3.8) is 0 Å². The molecule has 1 heterocycles. The van der Waals surface area contributed by atoms with E-state index in [2.05, 4.69) is 24.3 Å². The second-order valence-electron chi connectivity index (χ2n) is 7.80. The van der Waals surface area contributed by atoms with E-state index in [4.69, 9.17) is 9.84 Å². The van der Waals surface area contributed by atoms with Crippen LogP contribution in [0.15, 0.2) is 48.5 Å².